The highest BCUT2D eigenvalue weighted by atomic mass is 16.3. The fourth-order valence-electron chi connectivity index (χ4n) is 4.24. The third-order valence-corrected chi connectivity index (χ3v) is 5.56. The van der Waals surface area contributed by atoms with Gasteiger partial charge in [0.05, 0.1) is 11.6 Å². The van der Waals surface area contributed by atoms with Gasteiger partial charge in [0.1, 0.15) is 6.04 Å². The minimum atomic E-state index is -0.431. The first-order valence-electron chi connectivity index (χ1n) is 9.06. The van der Waals surface area contributed by atoms with Crippen molar-refractivity contribution in [3.8, 4) is 5.88 Å². The number of hydrazine groups is 1. The molecule has 3 unspecified atom stereocenters. The molecule has 1 aromatic heterocycles. The van der Waals surface area contributed by atoms with Gasteiger partial charge in [-0.3, -0.25) is 4.79 Å². The van der Waals surface area contributed by atoms with Crippen LogP contribution < -0.4 is 10.9 Å². The number of rotatable bonds is 2. The number of azo groups is 1. The number of nitrogens with zero attached hydrogens (tertiary/aromatic N) is 2. The van der Waals surface area contributed by atoms with Crippen molar-refractivity contribution in [2.45, 2.75) is 24.9 Å². The van der Waals surface area contributed by atoms with E-state index in [1.165, 1.54) is 11.1 Å². The highest BCUT2D eigenvalue weighted by Gasteiger charge is 2.43. The number of hydrogen-bond donors (Lipinski definition) is 4. The monoisotopic (exact) mass is 361 g/mol. The number of aromatic amines is 1. The highest BCUT2D eigenvalue weighted by molar-refractivity contribution is 5.94. The largest absolute Gasteiger partial charge is 0.493 e. The SMILES string of the molecule is O=C(N=Nc1c(O)[nH]c2ccccc12)C1NNC2c3ccccc3CCC12. The number of carbonyl (C=O) groups excluding carboxylic acids is 1. The molecular weight excluding hydrogens is 342 g/mol. The number of hydrogen-bond acceptors (Lipinski definition) is 5. The van der Waals surface area contributed by atoms with E-state index in [1.807, 2.05) is 36.4 Å². The van der Waals surface area contributed by atoms with Crippen LogP contribution in [0.2, 0.25) is 0 Å². The quantitative estimate of drug-likeness (QED) is 0.526. The zero-order valence-corrected chi connectivity index (χ0v) is 14.5. The Morgan fingerprint density at radius 2 is 1.89 bits per heavy atom. The van der Waals surface area contributed by atoms with E-state index in [1.54, 1.807) is 0 Å². The molecule has 3 aromatic rings. The van der Waals surface area contributed by atoms with Crippen molar-refractivity contribution in [3.63, 3.8) is 0 Å². The van der Waals surface area contributed by atoms with E-state index >= 15 is 0 Å². The van der Waals surface area contributed by atoms with E-state index in [0.717, 1.165) is 23.7 Å². The first kappa shape index (κ1) is 16.2. The maximum atomic E-state index is 12.7. The number of aryl methyl sites for hydroxylation is 1. The number of aromatic nitrogens is 1. The lowest BCUT2D eigenvalue weighted by atomic mass is 9.77. The van der Waals surface area contributed by atoms with E-state index in [4.69, 9.17) is 0 Å². The summed E-state index contributed by atoms with van der Waals surface area (Å²) in [5.74, 6) is -0.295. The van der Waals surface area contributed by atoms with Crippen LogP contribution in [0.15, 0.2) is 58.8 Å². The minimum Gasteiger partial charge on any atom is -0.493 e. The average Bonchev–Trinajstić information content (AvgIpc) is 3.27. The molecule has 4 N–H and O–H groups in total. The molecule has 3 atom stereocenters. The summed E-state index contributed by atoms with van der Waals surface area (Å²) in [5.41, 5.74) is 9.95. The Morgan fingerprint density at radius 3 is 2.81 bits per heavy atom. The van der Waals surface area contributed by atoms with Gasteiger partial charge in [0.2, 0.25) is 5.88 Å². The summed E-state index contributed by atoms with van der Waals surface area (Å²) in [6.45, 7) is 0. The first-order chi connectivity index (χ1) is 13.2. The van der Waals surface area contributed by atoms with Gasteiger partial charge in [-0.05, 0) is 30.0 Å². The molecule has 1 amide bonds. The molecule has 2 aromatic carbocycles. The van der Waals surface area contributed by atoms with Crippen LogP contribution in [0.5, 0.6) is 5.88 Å². The molecule has 2 aliphatic rings. The molecule has 1 fully saturated rings. The highest BCUT2D eigenvalue weighted by Crippen LogP contribution is 2.39. The van der Waals surface area contributed by atoms with E-state index < -0.39 is 6.04 Å². The summed E-state index contributed by atoms with van der Waals surface area (Å²) in [5, 5.41) is 18.7. The summed E-state index contributed by atoms with van der Waals surface area (Å²) in [4.78, 5) is 15.5. The molecule has 7 nitrogen and oxygen atoms in total. The number of carbonyl (C=O) groups is 1. The van der Waals surface area contributed by atoms with Crippen molar-refractivity contribution in [1.82, 2.24) is 15.8 Å². The second kappa shape index (κ2) is 6.29. The van der Waals surface area contributed by atoms with E-state index in [2.05, 4.69) is 38.2 Å². The van der Waals surface area contributed by atoms with Crippen molar-refractivity contribution in [1.29, 1.82) is 0 Å². The lowest BCUT2D eigenvalue weighted by molar-refractivity contribution is -0.121. The number of nitrogens with one attached hydrogen (secondary N) is 3. The van der Waals surface area contributed by atoms with Crippen LogP contribution in [0.4, 0.5) is 5.69 Å². The van der Waals surface area contributed by atoms with E-state index in [9.17, 15) is 9.90 Å². The number of aromatic hydroxyl groups is 1. The summed E-state index contributed by atoms with van der Waals surface area (Å²) < 4.78 is 0. The van der Waals surface area contributed by atoms with Gasteiger partial charge in [-0.15, -0.1) is 10.2 Å². The maximum absolute atomic E-state index is 12.7. The molecule has 136 valence electrons. The van der Waals surface area contributed by atoms with Crippen LogP contribution in [0.25, 0.3) is 10.9 Å². The van der Waals surface area contributed by atoms with Crippen molar-refractivity contribution < 1.29 is 9.90 Å². The number of amides is 1. The Kier molecular flexibility index (Phi) is 3.77. The number of fused-ring (bicyclic) bond motifs is 4. The Bertz CT molecular complexity index is 1060. The fraction of sp³-hybridized carbons (Fsp3) is 0.250. The maximum Gasteiger partial charge on any atom is 0.283 e. The van der Waals surface area contributed by atoms with Gasteiger partial charge in [-0.2, -0.15) is 0 Å². The second-order valence-electron chi connectivity index (χ2n) is 7.05. The molecule has 2 heterocycles. The van der Waals surface area contributed by atoms with Gasteiger partial charge < -0.3 is 10.1 Å². The summed E-state index contributed by atoms with van der Waals surface area (Å²) in [6.07, 6.45) is 1.86. The molecule has 0 bridgehead atoms. The molecule has 0 radical (unpaired) electrons. The molecule has 7 heteroatoms. The zero-order chi connectivity index (χ0) is 18.4. The Balaban J connectivity index is 1.39. The van der Waals surface area contributed by atoms with Crippen molar-refractivity contribution in [2.75, 3.05) is 0 Å². The molecule has 0 spiro atoms. The van der Waals surface area contributed by atoms with E-state index in [-0.39, 0.29) is 29.4 Å². The first-order valence-corrected chi connectivity index (χ1v) is 9.06. The average molecular weight is 361 g/mol. The van der Waals surface area contributed by atoms with Crippen molar-refractivity contribution in [2.24, 2.45) is 16.1 Å². The third-order valence-electron chi connectivity index (χ3n) is 5.56. The molecular formula is C20H19N5O2. The Hall–Kier alpha value is -3.03. The molecule has 0 saturated carbocycles. The standard InChI is InChI=1S/C20H19N5O2/c26-19-17(13-7-3-4-8-15(13)21-19)24-25-20(27)18-14-10-9-11-5-1-2-6-12(11)16(14)22-23-18/h1-8,14,16,18,21-23,26H,9-10H2. The zero-order valence-electron chi connectivity index (χ0n) is 14.5. The molecule has 5 rings (SSSR count). The van der Waals surface area contributed by atoms with Gasteiger partial charge in [0.25, 0.3) is 5.91 Å². The molecule has 1 saturated heterocycles. The van der Waals surface area contributed by atoms with Crippen molar-refractivity contribution >= 4 is 22.5 Å². The number of benzene rings is 2. The lowest BCUT2D eigenvalue weighted by Gasteiger charge is -2.28. The third kappa shape index (κ3) is 2.63. The van der Waals surface area contributed by atoms with Crippen LogP contribution in [-0.2, 0) is 11.2 Å². The smallest absolute Gasteiger partial charge is 0.283 e. The summed E-state index contributed by atoms with van der Waals surface area (Å²) in [7, 11) is 0. The van der Waals surface area contributed by atoms with Gasteiger partial charge in [-0.1, -0.05) is 42.5 Å². The number of H-pyrrole nitrogens is 1. The minimum absolute atomic E-state index is 0.0882. The Morgan fingerprint density at radius 1 is 1.07 bits per heavy atom. The second-order valence-corrected chi connectivity index (χ2v) is 7.05. The van der Waals surface area contributed by atoms with Gasteiger partial charge >= 0.3 is 0 Å². The fourth-order valence-corrected chi connectivity index (χ4v) is 4.24. The predicted molar refractivity (Wildman–Crippen MR) is 101 cm³/mol. The van der Waals surface area contributed by atoms with Gasteiger partial charge in [0.15, 0.2) is 5.69 Å². The topological polar surface area (TPSA) is 102 Å². The molecule has 27 heavy (non-hydrogen) atoms. The van der Waals surface area contributed by atoms with Gasteiger partial charge in [-0.25, -0.2) is 10.9 Å². The van der Waals surface area contributed by atoms with Crippen LogP contribution >= 0.6 is 0 Å². The van der Waals surface area contributed by atoms with Gasteiger partial charge in [0, 0.05) is 11.3 Å². The predicted octanol–water partition coefficient (Wildman–Crippen LogP) is 3.26. The Labute approximate surface area is 155 Å². The summed E-state index contributed by atoms with van der Waals surface area (Å²) in [6, 6.07) is 15.4. The summed E-state index contributed by atoms with van der Waals surface area (Å²) >= 11 is 0. The van der Waals surface area contributed by atoms with Crippen molar-refractivity contribution in [3.05, 3.63) is 59.7 Å². The molecule has 1 aliphatic carbocycles. The normalized spacial score (nSPS) is 24.2. The van der Waals surface area contributed by atoms with Crippen LogP contribution in [0.3, 0.4) is 0 Å². The van der Waals surface area contributed by atoms with Crippen LogP contribution in [0, 0.1) is 5.92 Å². The molecule has 1 aliphatic heterocycles. The van der Waals surface area contributed by atoms with Crippen LogP contribution in [0.1, 0.15) is 23.6 Å². The van der Waals surface area contributed by atoms with Crippen LogP contribution in [-0.4, -0.2) is 22.0 Å². The lowest BCUT2D eigenvalue weighted by Crippen LogP contribution is -2.37. The van der Waals surface area contributed by atoms with E-state index in [0.29, 0.717) is 0 Å². The number of para-hydroxylation sites is 1.